The first-order valence-electron chi connectivity index (χ1n) is 15.1. The van der Waals surface area contributed by atoms with Crippen LogP contribution in [0.1, 0.15) is 137 Å². The zero-order chi connectivity index (χ0) is 23.9. The Bertz CT molecular complexity index is 501. The summed E-state index contributed by atoms with van der Waals surface area (Å²) in [5.41, 5.74) is 0.530. The molecule has 2 fully saturated rings. The third-order valence-electron chi connectivity index (χ3n) is 9.05. The highest BCUT2D eigenvalue weighted by molar-refractivity contribution is 5.78. The van der Waals surface area contributed by atoms with Crippen molar-refractivity contribution >= 4 is 5.91 Å². The minimum atomic E-state index is 0.263. The van der Waals surface area contributed by atoms with Crippen LogP contribution in [0.5, 0.6) is 0 Å². The largest absolute Gasteiger partial charge is 0.342 e. The summed E-state index contributed by atoms with van der Waals surface area (Å²) < 4.78 is 0. The molecule has 0 radical (unpaired) electrons. The van der Waals surface area contributed by atoms with Crippen molar-refractivity contribution in [1.29, 1.82) is 0 Å². The molecule has 0 aromatic rings. The Morgan fingerprint density at radius 1 is 0.697 bits per heavy atom. The lowest BCUT2D eigenvalue weighted by Crippen LogP contribution is -2.49. The zero-order valence-electron chi connectivity index (χ0n) is 23.0. The lowest BCUT2D eigenvalue weighted by molar-refractivity contribution is -0.138. The Kier molecular flexibility index (Phi) is 14.0. The summed E-state index contributed by atoms with van der Waals surface area (Å²) in [4.78, 5) is 17.9. The highest BCUT2D eigenvalue weighted by Gasteiger charge is 2.39. The van der Waals surface area contributed by atoms with E-state index in [1.54, 1.807) is 0 Å². The number of amides is 1. The molecule has 1 amide bonds. The molecule has 3 heteroatoms. The van der Waals surface area contributed by atoms with Crippen LogP contribution >= 0.6 is 0 Å². The van der Waals surface area contributed by atoms with Gasteiger partial charge in [0, 0.05) is 19.0 Å². The number of likely N-dealkylation sites (tertiary alicyclic amines) is 2. The maximum Gasteiger partial charge on any atom is 0.225 e. The first-order valence-corrected chi connectivity index (χ1v) is 15.1. The highest BCUT2D eigenvalue weighted by atomic mass is 16.2. The Hall–Kier alpha value is -0.570. The molecule has 2 heterocycles. The molecule has 0 aromatic carbocycles. The van der Waals surface area contributed by atoms with E-state index in [0.29, 0.717) is 11.3 Å². The summed E-state index contributed by atoms with van der Waals surface area (Å²) in [6, 6.07) is 0. The lowest BCUT2D eigenvalue weighted by Gasteiger charge is -2.47. The molecule has 2 unspecified atom stereocenters. The molecule has 0 aliphatic carbocycles. The normalized spacial score (nSPS) is 20.8. The van der Waals surface area contributed by atoms with Gasteiger partial charge in [-0.2, -0.15) is 0 Å². The van der Waals surface area contributed by atoms with Crippen molar-refractivity contribution < 1.29 is 4.79 Å². The maximum absolute atomic E-state index is 12.9. The van der Waals surface area contributed by atoms with E-state index < -0.39 is 0 Å². The summed E-state index contributed by atoms with van der Waals surface area (Å²) in [7, 11) is 0. The fraction of sp³-hybridized carbons (Fsp3) is 0.967. The Morgan fingerprint density at radius 2 is 1.30 bits per heavy atom. The molecule has 3 nitrogen and oxygen atoms in total. The van der Waals surface area contributed by atoms with Gasteiger partial charge in [-0.3, -0.25) is 4.79 Å². The summed E-state index contributed by atoms with van der Waals surface area (Å²) in [6.45, 7) is 14.9. The van der Waals surface area contributed by atoms with E-state index in [0.717, 1.165) is 38.3 Å². The standard InChI is InChI=1S/C30H58N2O/c1-5-9-11-12-16-27(15-10-6-2)17-13-22-31-23-18-30(19-24-31)20-25-32(26-21-30)29(33)28(8-4)14-7-3/h27-28H,5-26H2,1-4H3. The van der Waals surface area contributed by atoms with Gasteiger partial charge < -0.3 is 9.80 Å². The molecule has 2 atom stereocenters. The van der Waals surface area contributed by atoms with Crippen molar-refractivity contribution in [3.8, 4) is 0 Å². The number of piperidine rings is 2. The Labute approximate surface area is 207 Å². The van der Waals surface area contributed by atoms with Crippen molar-refractivity contribution in [3.05, 3.63) is 0 Å². The van der Waals surface area contributed by atoms with Gasteiger partial charge in [0.1, 0.15) is 0 Å². The Balaban J connectivity index is 1.67. The molecular weight excluding hydrogens is 404 g/mol. The van der Waals surface area contributed by atoms with Crippen LogP contribution in [-0.4, -0.2) is 48.4 Å². The zero-order valence-corrected chi connectivity index (χ0v) is 23.0. The molecule has 33 heavy (non-hydrogen) atoms. The van der Waals surface area contributed by atoms with Crippen LogP contribution in [0.25, 0.3) is 0 Å². The number of hydrogen-bond acceptors (Lipinski definition) is 2. The average Bonchev–Trinajstić information content (AvgIpc) is 2.84. The molecule has 0 bridgehead atoms. The van der Waals surface area contributed by atoms with E-state index in [1.807, 2.05) is 0 Å². The van der Waals surface area contributed by atoms with Crippen LogP contribution in [0.15, 0.2) is 0 Å². The third-order valence-corrected chi connectivity index (χ3v) is 9.05. The van der Waals surface area contributed by atoms with E-state index in [4.69, 9.17) is 0 Å². The smallest absolute Gasteiger partial charge is 0.225 e. The maximum atomic E-state index is 12.9. The molecule has 2 aliphatic heterocycles. The van der Waals surface area contributed by atoms with Crippen LogP contribution in [0.4, 0.5) is 0 Å². The van der Waals surface area contributed by atoms with Gasteiger partial charge in [-0.15, -0.1) is 0 Å². The predicted octanol–water partition coefficient (Wildman–Crippen LogP) is 8.07. The van der Waals surface area contributed by atoms with Gasteiger partial charge in [-0.1, -0.05) is 85.5 Å². The number of unbranched alkanes of at least 4 members (excludes halogenated alkanes) is 4. The molecule has 2 aliphatic rings. The van der Waals surface area contributed by atoms with Gasteiger partial charge in [0.05, 0.1) is 0 Å². The van der Waals surface area contributed by atoms with E-state index in [-0.39, 0.29) is 5.92 Å². The topological polar surface area (TPSA) is 23.6 Å². The van der Waals surface area contributed by atoms with E-state index in [1.165, 1.54) is 110 Å². The second-order valence-corrected chi connectivity index (χ2v) is 11.6. The van der Waals surface area contributed by atoms with Gasteiger partial charge in [-0.05, 0) is 82.3 Å². The van der Waals surface area contributed by atoms with Gasteiger partial charge in [0.2, 0.25) is 5.91 Å². The minimum Gasteiger partial charge on any atom is -0.342 e. The van der Waals surface area contributed by atoms with Crippen LogP contribution in [0.3, 0.4) is 0 Å². The first kappa shape index (κ1) is 28.7. The molecule has 0 saturated carbocycles. The molecule has 0 N–H and O–H groups in total. The number of rotatable bonds is 16. The van der Waals surface area contributed by atoms with Crippen molar-refractivity contribution in [2.45, 2.75) is 137 Å². The average molecular weight is 463 g/mol. The fourth-order valence-corrected chi connectivity index (χ4v) is 6.45. The Morgan fingerprint density at radius 3 is 1.91 bits per heavy atom. The molecular formula is C30H58N2O. The minimum absolute atomic E-state index is 0.263. The quantitative estimate of drug-likeness (QED) is 0.216. The van der Waals surface area contributed by atoms with Gasteiger partial charge in [0.15, 0.2) is 0 Å². The van der Waals surface area contributed by atoms with Gasteiger partial charge in [0.25, 0.3) is 0 Å². The summed E-state index contributed by atoms with van der Waals surface area (Å²) >= 11 is 0. The summed E-state index contributed by atoms with van der Waals surface area (Å²) in [5.74, 6) is 1.68. The number of nitrogens with zero attached hydrogens (tertiary/aromatic N) is 2. The molecule has 0 aromatic heterocycles. The lowest BCUT2D eigenvalue weighted by atomic mass is 9.71. The molecule has 2 rings (SSSR count). The number of hydrogen-bond donors (Lipinski definition) is 0. The predicted molar refractivity (Wildman–Crippen MR) is 144 cm³/mol. The second kappa shape index (κ2) is 16.2. The first-order chi connectivity index (χ1) is 16.1. The monoisotopic (exact) mass is 462 g/mol. The van der Waals surface area contributed by atoms with Gasteiger partial charge >= 0.3 is 0 Å². The van der Waals surface area contributed by atoms with E-state index in [2.05, 4.69) is 37.5 Å². The van der Waals surface area contributed by atoms with Crippen LogP contribution in [0.2, 0.25) is 0 Å². The SMILES string of the molecule is CCCCCCC(CCCC)CCCN1CCC2(CC1)CCN(C(=O)C(CC)CCC)CC2. The summed E-state index contributed by atoms with van der Waals surface area (Å²) in [5, 5.41) is 0. The fourth-order valence-electron chi connectivity index (χ4n) is 6.45. The number of carbonyl (C=O) groups excluding carboxylic acids is 1. The van der Waals surface area contributed by atoms with Crippen molar-refractivity contribution in [2.75, 3.05) is 32.7 Å². The van der Waals surface area contributed by atoms with Crippen LogP contribution in [-0.2, 0) is 4.79 Å². The van der Waals surface area contributed by atoms with E-state index in [9.17, 15) is 4.79 Å². The molecule has 194 valence electrons. The van der Waals surface area contributed by atoms with Crippen molar-refractivity contribution in [2.24, 2.45) is 17.3 Å². The van der Waals surface area contributed by atoms with Crippen LogP contribution < -0.4 is 0 Å². The van der Waals surface area contributed by atoms with Crippen LogP contribution in [0, 0.1) is 17.3 Å². The van der Waals surface area contributed by atoms with E-state index >= 15 is 0 Å². The van der Waals surface area contributed by atoms with Gasteiger partial charge in [-0.25, -0.2) is 0 Å². The molecule has 2 saturated heterocycles. The summed E-state index contributed by atoms with van der Waals surface area (Å²) in [6.07, 6.45) is 22.6. The van der Waals surface area contributed by atoms with Crippen molar-refractivity contribution in [3.63, 3.8) is 0 Å². The second-order valence-electron chi connectivity index (χ2n) is 11.6. The highest BCUT2D eigenvalue weighted by Crippen LogP contribution is 2.41. The van der Waals surface area contributed by atoms with Crippen molar-refractivity contribution in [1.82, 2.24) is 9.80 Å². The third kappa shape index (κ3) is 9.90. The number of carbonyl (C=O) groups is 1. The molecule has 1 spiro atoms.